The SMILES string of the molecule is C=CCC(CC=C)(OP(=O)([O-])OCC[N+](C)(C)C)[C@@H](O)CO. The smallest absolute Gasteiger partial charge is 0.268 e. The van der Waals surface area contributed by atoms with Crippen molar-refractivity contribution in [2.45, 2.75) is 24.5 Å². The van der Waals surface area contributed by atoms with Crippen LogP contribution in [-0.4, -0.2) is 67.3 Å². The molecule has 2 N–H and O–H groups in total. The van der Waals surface area contributed by atoms with Crippen molar-refractivity contribution in [2.24, 2.45) is 0 Å². The highest BCUT2D eigenvalue weighted by molar-refractivity contribution is 7.45. The molecule has 0 aliphatic carbocycles. The van der Waals surface area contributed by atoms with E-state index < -0.39 is 26.1 Å². The molecule has 0 heterocycles. The second-order valence-electron chi connectivity index (χ2n) is 6.13. The normalized spacial score (nSPS) is 16.8. The van der Waals surface area contributed by atoms with Gasteiger partial charge in [-0.2, -0.15) is 0 Å². The van der Waals surface area contributed by atoms with Gasteiger partial charge in [0.15, 0.2) is 0 Å². The van der Waals surface area contributed by atoms with Gasteiger partial charge in [0, 0.05) is 0 Å². The van der Waals surface area contributed by atoms with E-state index in [1.807, 2.05) is 21.1 Å². The summed E-state index contributed by atoms with van der Waals surface area (Å²) in [7, 11) is 1.04. The van der Waals surface area contributed by atoms with Crippen LogP contribution in [0.3, 0.4) is 0 Å². The van der Waals surface area contributed by atoms with Gasteiger partial charge in [-0.3, -0.25) is 4.57 Å². The number of phosphoric ester groups is 1. The summed E-state index contributed by atoms with van der Waals surface area (Å²) in [6.45, 7) is 6.82. The maximum Gasteiger partial charge on any atom is 0.268 e. The summed E-state index contributed by atoms with van der Waals surface area (Å²) in [6.07, 6.45) is 1.45. The number of aliphatic hydroxyl groups excluding tert-OH is 2. The van der Waals surface area contributed by atoms with Gasteiger partial charge >= 0.3 is 0 Å². The number of rotatable bonds is 12. The molecule has 0 amide bonds. The van der Waals surface area contributed by atoms with E-state index in [9.17, 15) is 14.6 Å². The molecule has 0 aliphatic rings. The van der Waals surface area contributed by atoms with Crippen LogP contribution in [0.2, 0.25) is 0 Å². The van der Waals surface area contributed by atoms with E-state index in [2.05, 4.69) is 13.2 Å². The average Bonchev–Trinajstić information content (AvgIpc) is 2.35. The van der Waals surface area contributed by atoms with E-state index in [1.54, 1.807) is 0 Å². The number of aliphatic hydroxyl groups is 2. The molecule has 7 nitrogen and oxygen atoms in total. The van der Waals surface area contributed by atoms with E-state index in [0.717, 1.165) is 0 Å². The topological polar surface area (TPSA) is 99.1 Å². The second kappa shape index (κ2) is 8.93. The molecule has 0 rings (SSSR count). The highest BCUT2D eigenvalue weighted by atomic mass is 31.2. The van der Waals surface area contributed by atoms with Crippen LogP contribution in [0.4, 0.5) is 0 Å². The van der Waals surface area contributed by atoms with Crippen molar-refractivity contribution >= 4 is 7.82 Å². The van der Waals surface area contributed by atoms with Gasteiger partial charge in [-0.15, -0.1) is 13.2 Å². The van der Waals surface area contributed by atoms with Gasteiger partial charge < -0.3 is 28.6 Å². The molecule has 0 fully saturated rings. The number of phosphoric acid groups is 1. The molecule has 2 atom stereocenters. The van der Waals surface area contributed by atoms with E-state index in [-0.39, 0.29) is 19.4 Å². The number of quaternary nitrogens is 1. The van der Waals surface area contributed by atoms with E-state index >= 15 is 0 Å². The predicted molar refractivity (Wildman–Crippen MR) is 83.0 cm³/mol. The fourth-order valence-electron chi connectivity index (χ4n) is 1.82. The van der Waals surface area contributed by atoms with Crippen molar-refractivity contribution in [1.29, 1.82) is 0 Å². The van der Waals surface area contributed by atoms with Gasteiger partial charge in [0.2, 0.25) is 0 Å². The van der Waals surface area contributed by atoms with Crippen molar-refractivity contribution in [2.75, 3.05) is 40.9 Å². The zero-order valence-corrected chi connectivity index (χ0v) is 14.5. The maximum absolute atomic E-state index is 12.0. The third-order valence-corrected chi connectivity index (χ3v) is 4.15. The summed E-state index contributed by atoms with van der Waals surface area (Å²) in [4.78, 5) is 12.0. The molecule has 22 heavy (non-hydrogen) atoms. The zero-order valence-electron chi connectivity index (χ0n) is 13.6. The summed E-state index contributed by atoms with van der Waals surface area (Å²) >= 11 is 0. The third kappa shape index (κ3) is 7.65. The first-order chi connectivity index (χ1) is 10.0. The monoisotopic (exact) mass is 337 g/mol. The first kappa shape index (κ1) is 21.5. The fraction of sp³-hybridized carbons (Fsp3) is 0.714. The molecule has 0 saturated carbocycles. The Bertz CT molecular complexity index is 397. The highest BCUT2D eigenvalue weighted by Crippen LogP contribution is 2.46. The molecular weight excluding hydrogens is 309 g/mol. The van der Waals surface area contributed by atoms with E-state index in [0.29, 0.717) is 11.0 Å². The van der Waals surface area contributed by atoms with Crippen LogP contribution in [-0.2, 0) is 13.6 Å². The minimum absolute atomic E-state index is 0.0195. The van der Waals surface area contributed by atoms with Gasteiger partial charge in [0.25, 0.3) is 7.82 Å². The quantitative estimate of drug-likeness (QED) is 0.305. The highest BCUT2D eigenvalue weighted by Gasteiger charge is 2.40. The zero-order chi connectivity index (χ0) is 17.4. The van der Waals surface area contributed by atoms with Crippen LogP contribution < -0.4 is 4.89 Å². The molecule has 0 spiro atoms. The van der Waals surface area contributed by atoms with Gasteiger partial charge in [-0.25, -0.2) is 0 Å². The summed E-state index contributed by atoms with van der Waals surface area (Å²) < 4.78 is 22.5. The summed E-state index contributed by atoms with van der Waals surface area (Å²) in [6, 6.07) is 0. The Morgan fingerprint density at radius 3 is 2.18 bits per heavy atom. The van der Waals surface area contributed by atoms with Crippen molar-refractivity contribution in [3.8, 4) is 0 Å². The van der Waals surface area contributed by atoms with Crippen LogP contribution in [0.5, 0.6) is 0 Å². The summed E-state index contributed by atoms with van der Waals surface area (Å²) in [5.41, 5.74) is -1.56. The lowest BCUT2D eigenvalue weighted by atomic mass is 9.89. The minimum atomic E-state index is -4.65. The predicted octanol–water partition coefficient (Wildman–Crippen LogP) is 0.438. The Hall–Kier alpha value is -0.530. The van der Waals surface area contributed by atoms with Crippen LogP contribution >= 0.6 is 7.82 Å². The fourth-order valence-corrected chi connectivity index (χ4v) is 2.90. The van der Waals surface area contributed by atoms with Crippen LogP contribution in [0.1, 0.15) is 12.8 Å². The molecule has 0 aliphatic heterocycles. The van der Waals surface area contributed by atoms with E-state index in [1.165, 1.54) is 12.2 Å². The Balaban J connectivity index is 5.05. The molecule has 130 valence electrons. The standard InChI is InChI=1S/C14H28NO6P/c1-6-8-14(9-7-2,13(17)12-16)21-22(18,19)20-11-10-15(3,4)5/h6-7,13,16-17H,1-2,8-12H2,3-5H3/t13-/m0/s1. The van der Waals surface area contributed by atoms with Crippen LogP contribution in [0.25, 0.3) is 0 Å². The van der Waals surface area contributed by atoms with Crippen molar-refractivity contribution < 1.29 is 33.2 Å². The molecule has 0 bridgehead atoms. The second-order valence-corrected chi connectivity index (χ2v) is 7.47. The molecule has 0 aromatic heterocycles. The molecule has 0 aromatic carbocycles. The molecule has 8 heteroatoms. The lowest BCUT2D eigenvalue weighted by molar-refractivity contribution is -0.870. The van der Waals surface area contributed by atoms with Crippen molar-refractivity contribution in [3.05, 3.63) is 25.3 Å². The lowest BCUT2D eigenvalue weighted by Gasteiger charge is -2.40. The van der Waals surface area contributed by atoms with E-state index in [4.69, 9.17) is 14.2 Å². The summed E-state index contributed by atoms with van der Waals surface area (Å²) in [5, 5.41) is 19.1. The van der Waals surface area contributed by atoms with Gasteiger partial charge in [0.05, 0.1) is 27.7 Å². The Kier molecular flexibility index (Phi) is 8.72. The van der Waals surface area contributed by atoms with Gasteiger partial charge in [-0.1, -0.05) is 12.2 Å². The largest absolute Gasteiger partial charge is 0.756 e. The first-order valence-electron chi connectivity index (χ1n) is 6.99. The lowest BCUT2D eigenvalue weighted by Crippen LogP contribution is -2.47. The van der Waals surface area contributed by atoms with Crippen molar-refractivity contribution in [1.82, 2.24) is 0 Å². The first-order valence-corrected chi connectivity index (χ1v) is 8.45. The maximum atomic E-state index is 12.0. The number of hydrogen-bond donors (Lipinski definition) is 2. The third-order valence-electron chi connectivity index (χ3n) is 3.07. The minimum Gasteiger partial charge on any atom is -0.756 e. The average molecular weight is 337 g/mol. The number of likely N-dealkylation sites (N-methyl/N-ethyl adjacent to an activating group) is 1. The summed E-state index contributed by atoms with van der Waals surface area (Å²) in [5.74, 6) is 0. The Labute approximate surface area is 132 Å². The van der Waals surface area contributed by atoms with Crippen molar-refractivity contribution in [3.63, 3.8) is 0 Å². The van der Waals surface area contributed by atoms with Gasteiger partial charge in [-0.05, 0) is 12.8 Å². The van der Waals surface area contributed by atoms with Crippen LogP contribution in [0, 0.1) is 0 Å². The van der Waals surface area contributed by atoms with Gasteiger partial charge in [0.1, 0.15) is 24.9 Å². The molecule has 1 unspecified atom stereocenters. The Morgan fingerprint density at radius 2 is 1.82 bits per heavy atom. The Morgan fingerprint density at radius 1 is 1.32 bits per heavy atom. The number of nitrogens with zero attached hydrogens (tertiary/aromatic N) is 1. The molecular formula is C14H28NO6P. The van der Waals surface area contributed by atoms with Crippen LogP contribution in [0.15, 0.2) is 25.3 Å². The molecule has 0 saturated heterocycles. The molecule has 0 aromatic rings. The molecule has 0 radical (unpaired) electrons. The number of hydrogen-bond acceptors (Lipinski definition) is 6.